The monoisotopic (exact) mass is 610 g/mol. The van der Waals surface area contributed by atoms with Crippen LogP contribution in [0.1, 0.15) is 22.8 Å². The molecular formula is C32H26N4O7S. The highest BCUT2D eigenvalue weighted by molar-refractivity contribution is 8.00. The molecule has 1 aliphatic heterocycles. The van der Waals surface area contributed by atoms with Crippen molar-refractivity contribution in [2.45, 2.75) is 17.1 Å². The number of para-hydroxylation sites is 1. The van der Waals surface area contributed by atoms with Crippen molar-refractivity contribution in [3.63, 3.8) is 0 Å². The van der Waals surface area contributed by atoms with Crippen LogP contribution in [0.25, 0.3) is 6.08 Å². The summed E-state index contributed by atoms with van der Waals surface area (Å²) in [7, 11) is 0. The fourth-order valence-electron chi connectivity index (χ4n) is 4.16. The van der Waals surface area contributed by atoms with Crippen LogP contribution < -0.4 is 25.4 Å². The van der Waals surface area contributed by atoms with Crippen LogP contribution in [-0.2, 0) is 9.59 Å². The number of rotatable bonds is 10. The smallest absolute Gasteiger partial charge is 0.276 e. The van der Waals surface area contributed by atoms with E-state index in [2.05, 4.69) is 16.0 Å². The van der Waals surface area contributed by atoms with E-state index >= 15 is 0 Å². The first kappa shape index (κ1) is 29.9. The molecule has 0 aromatic heterocycles. The van der Waals surface area contributed by atoms with Crippen molar-refractivity contribution in [1.29, 1.82) is 0 Å². The molecule has 0 aliphatic carbocycles. The standard InChI is InChI=1S/C32H26N4O7S/c1-20(30(37)34-24-13-16-28-29(18-24)43-19-42-28)44-25-14-11-23(12-15-25)33-32(39)26(35-31(38)21-7-3-2-4-8-21)17-22-9-5-6-10-27(22)36(40)41/h2-18,20H,19H2,1H3,(H,33,39)(H,34,37)(H,35,38)/b26-17-. The maximum absolute atomic E-state index is 13.3. The van der Waals surface area contributed by atoms with E-state index in [-0.39, 0.29) is 29.6 Å². The Balaban J connectivity index is 1.26. The van der Waals surface area contributed by atoms with E-state index in [1.54, 1.807) is 85.8 Å². The first-order chi connectivity index (χ1) is 21.3. The normalized spacial score (nSPS) is 12.6. The van der Waals surface area contributed by atoms with Crippen LogP contribution in [0.15, 0.2) is 108 Å². The van der Waals surface area contributed by atoms with Crippen molar-refractivity contribution < 1.29 is 28.8 Å². The number of nitro groups is 1. The molecule has 1 heterocycles. The Morgan fingerprint density at radius 3 is 2.30 bits per heavy atom. The number of hydrogen-bond acceptors (Lipinski definition) is 8. The Labute approximate surface area is 256 Å². The Kier molecular flexibility index (Phi) is 9.21. The van der Waals surface area contributed by atoms with E-state index < -0.39 is 22.0 Å². The summed E-state index contributed by atoms with van der Waals surface area (Å²) in [4.78, 5) is 50.7. The SMILES string of the molecule is CC(Sc1ccc(NC(=O)/C(=C/c2ccccc2[N+](=O)[O-])NC(=O)c2ccccc2)cc1)C(=O)Nc1ccc2c(c1)OCO2. The minimum atomic E-state index is -0.677. The molecule has 1 atom stereocenters. The van der Waals surface area contributed by atoms with Crippen molar-refractivity contribution in [3.05, 3.63) is 124 Å². The lowest BCUT2D eigenvalue weighted by atomic mass is 10.1. The van der Waals surface area contributed by atoms with E-state index in [9.17, 15) is 24.5 Å². The van der Waals surface area contributed by atoms with Gasteiger partial charge in [-0.25, -0.2) is 0 Å². The molecule has 0 saturated heterocycles. The van der Waals surface area contributed by atoms with E-state index in [4.69, 9.17) is 9.47 Å². The van der Waals surface area contributed by atoms with Crippen molar-refractivity contribution in [1.82, 2.24) is 5.32 Å². The fourth-order valence-corrected chi connectivity index (χ4v) is 5.03. The van der Waals surface area contributed by atoms with Crippen LogP contribution in [0.3, 0.4) is 0 Å². The number of fused-ring (bicyclic) bond motifs is 1. The minimum absolute atomic E-state index is 0.144. The lowest BCUT2D eigenvalue weighted by molar-refractivity contribution is -0.385. The maximum atomic E-state index is 13.3. The van der Waals surface area contributed by atoms with Crippen LogP contribution in [0.4, 0.5) is 17.1 Å². The number of amides is 3. The number of nitrogens with zero attached hydrogens (tertiary/aromatic N) is 1. The largest absolute Gasteiger partial charge is 0.454 e. The third-order valence-electron chi connectivity index (χ3n) is 6.40. The second kappa shape index (κ2) is 13.6. The van der Waals surface area contributed by atoms with Crippen LogP contribution in [0, 0.1) is 10.1 Å². The number of nitrogens with one attached hydrogen (secondary N) is 3. The number of benzene rings is 4. The van der Waals surface area contributed by atoms with Gasteiger partial charge in [-0.15, -0.1) is 11.8 Å². The highest BCUT2D eigenvalue weighted by atomic mass is 32.2. The molecule has 4 aromatic carbocycles. The highest BCUT2D eigenvalue weighted by Crippen LogP contribution is 2.34. The molecule has 0 fully saturated rings. The average molecular weight is 611 g/mol. The molecule has 0 bridgehead atoms. The summed E-state index contributed by atoms with van der Waals surface area (Å²) in [6.45, 7) is 1.92. The van der Waals surface area contributed by atoms with Gasteiger partial charge in [-0.2, -0.15) is 0 Å². The summed E-state index contributed by atoms with van der Waals surface area (Å²) < 4.78 is 10.6. The van der Waals surface area contributed by atoms with Gasteiger partial charge in [0.25, 0.3) is 17.5 Å². The summed E-state index contributed by atoms with van der Waals surface area (Å²) >= 11 is 1.33. The Morgan fingerprint density at radius 1 is 0.864 bits per heavy atom. The number of hydrogen-bond donors (Lipinski definition) is 3. The zero-order valence-electron chi connectivity index (χ0n) is 23.3. The van der Waals surface area contributed by atoms with Crippen molar-refractivity contribution in [3.8, 4) is 11.5 Å². The van der Waals surface area contributed by atoms with Gasteiger partial charge in [-0.3, -0.25) is 24.5 Å². The van der Waals surface area contributed by atoms with Gasteiger partial charge in [0, 0.05) is 34.0 Å². The van der Waals surface area contributed by atoms with Gasteiger partial charge >= 0.3 is 0 Å². The molecule has 3 N–H and O–H groups in total. The summed E-state index contributed by atoms with van der Waals surface area (Å²) in [5.41, 5.74) is 1.07. The molecule has 1 unspecified atom stereocenters. The maximum Gasteiger partial charge on any atom is 0.276 e. The molecule has 0 spiro atoms. The van der Waals surface area contributed by atoms with Gasteiger partial charge in [0.1, 0.15) is 5.70 Å². The van der Waals surface area contributed by atoms with E-state index in [0.717, 1.165) is 4.90 Å². The summed E-state index contributed by atoms with van der Waals surface area (Å²) in [6.07, 6.45) is 1.26. The Bertz CT molecular complexity index is 1740. The topological polar surface area (TPSA) is 149 Å². The molecule has 4 aromatic rings. The Morgan fingerprint density at radius 2 is 1.55 bits per heavy atom. The quantitative estimate of drug-likeness (QED) is 0.0876. The second-order valence-electron chi connectivity index (χ2n) is 9.49. The van der Waals surface area contributed by atoms with Crippen molar-refractivity contribution >= 4 is 52.6 Å². The zero-order chi connectivity index (χ0) is 31.1. The minimum Gasteiger partial charge on any atom is -0.454 e. The predicted molar refractivity (Wildman–Crippen MR) is 167 cm³/mol. The summed E-state index contributed by atoms with van der Waals surface area (Å²) in [6, 6.07) is 26.2. The summed E-state index contributed by atoms with van der Waals surface area (Å²) in [5, 5.41) is 19.3. The third kappa shape index (κ3) is 7.41. The van der Waals surface area contributed by atoms with Gasteiger partial charge in [0.05, 0.1) is 15.7 Å². The van der Waals surface area contributed by atoms with Crippen molar-refractivity contribution in [2.24, 2.45) is 0 Å². The molecule has 11 nitrogen and oxygen atoms in total. The van der Waals surface area contributed by atoms with Crippen LogP contribution >= 0.6 is 11.8 Å². The molecule has 0 saturated carbocycles. The molecule has 1 aliphatic rings. The molecule has 44 heavy (non-hydrogen) atoms. The molecule has 12 heteroatoms. The predicted octanol–water partition coefficient (Wildman–Crippen LogP) is 5.85. The van der Waals surface area contributed by atoms with Gasteiger partial charge < -0.3 is 25.4 Å². The second-order valence-corrected chi connectivity index (χ2v) is 10.9. The number of carbonyl (C=O) groups is 3. The first-order valence-corrected chi connectivity index (χ1v) is 14.2. The number of thioether (sulfide) groups is 1. The van der Waals surface area contributed by atoms with E-state index in [1.807, 2.05) is 0 Å². The Hall–Kier alpha value is -5.62. The van der Waals surface area contributed by atoms with E-state index in [0.29, 0.717) is 28.4 Å². The number of carbonyl (C=O) groups excluding carboxylic acids is 3. The molecule has 0 radical (unpaired) electrons. The van der Waals surface area contributed by atoms with Crippen LogP contribution in [0.5, 0.6) is 11.5 Å². The average Bonchev–Trinajstić information content (AvgIpc) is 3.50. The van der Waals surface area contributed by atoms with Crippen LogP contribution in [0.2, 0.25) is 0 Å². The molecule has 3 amide bonds. The first-order valence-electron chi connectivity index (χ1n) is 13.4. The van der Waals surface area contributed by atoms with Gasteiger partial charge in [0.15, 0.2) is 11.5 Å². The lowest BCUT2D eigenvalue weighted by Gasteiger charge is -2.14. The zero-order valence-corrected chi connectivity index (χ0v) is 24.1. The highest BCUT2D eigenvalue weighted by Gasteiger charge is 2.20. The summed E-state index contributed by atoms with van der Waals surface area (Å²) in [5.74, 6) is -0.236. The fraction of sp³-hybridized carbons (Fsp3) is 0.0938. The number of anilines is 2. The van der Waals surface area contributed by atoms with E-state index in [1.165, 1.54) is 36.0 Å². The molecular weight excluding hydrogens is 584 g/mol. The molecule has 5 rings (SSSR count). The number of ether oxygens (including phenoxy) is 2. The van der Waals surface area contributed by atoms with Crippen molar-refractivity contribution in [2.75, 3.05) is 17.4 Å². The third-order valence-corrected chi connectivity index (χ3v) is 7.51. The van der Waals surface area contributed by atoms with Gasteiger partial charge in [-0.1, -0.05) is 30.3 Å². The molecule has 222 valence electrons. The van der Waals surface area contributed by atoms with Crippen LogP contribution in [-0.4, -0.2) is 34.7 Å². The lowest BCUT2D eigenvalue weighted by Crippen LogP contribution is -2.30. The van der Waals surface area contributed by atoms with Gasteiger partial charge in [-0.05, 0) is 67.6 Å². The van der Waals surface area contributed by atoms with Gasteiger partial charge in [0.2, 0.25) is 12.7 Å². The number of nitro benzene ring substituents is 1.